The fourth-order valence-electron chi connectivity index (χ4n) is 1.47. The minimum absolute atomic E-state index is 0.0277. The maximum absolute atomic E-state index is 8.84. The third-order valence-corrected chi connectivity index (χ3v) is 2.18. The van der Waals surface area contributed by atoms with Gasteiger partial charge in [-0.2, -0.15) is 10.5 Å². The second-order valence-electron chi connectivity index (χ2n) is 3.18. The van der Waals surface area contributed by atoms with Crippen molar-refractivity contribution >= 4 is 17.9 Å². The van der Waals surface area contributed by atoms with Crippen LogP contribution in [0.2, 0.25) is 0 Å². The second-order valence-corrected chi connectivity index (χ2v) is 3.18. The smallest absolute Gasteiger partial charge is 0.165 e. The zero-order valence-electron chi connectivity index (χ0n) is 9.01. The minimum atomic E-state index is -0.0277. The van der Waals surface area contributed by atoms with Crippen LogP contribution in [0, 0.1) is 22.7 Å². The number of imidazole rings is 1. The maximum Gasteiger partial charge on any atom is 0.165 e. The Kier molecular flexibility index (Phi) is 2.86. The van der Waals surface area contributed by atoms with E-state index in [2.05, 4.69) is 15.3 Å². The molecular weight excluding hydrogens is 220 g/mol. The van der Waals surface area contributed by atoms with Crippen LogP contribution in [0.3, 0.4) is 0 Å². The highest BCUT2D eigenvalue weighted by atomic mass is 16.5. The molecule has 0 radical (unpaired) electrons. The molecule has 0 bridgehead atoms. The number of hydrogen-bond acceptors (Lipinski definition) is 6. The van der Waals surface area contributed by atoms with Crippen molar-refractivity contribution in [3.8, 4) is 12.1 Å². The topological polar surface area (TPSA) is 99.0 Å². The number of nitrogens with one attached hydrogen (secondary N) is 1. The first-order chi connectivity index (χ1) is 8.31. The summed E-state index contributed by atoms with van der Waals surface area (Å²) < 4.78 is 6.66. The van der Waals surface area contributed by atoms with Gasteiger partial charge in [0.1, 0.15) is 24.6 Å². The summed E-state index contributed by atoms with van der Waals surface area (Å²) in [6.07, 6.45) is 2.96. The van der Waals surface area contributed by atoms with Gasteiger partial charge in [-0.25, -0.2) is 9.98 Å². The molecule has 1 aromatic heterocycles. The summed E-state index contributed by atoms with van der Waals surface area (Å²) in [5.74, 6) is 0.559. The summed E-state index contributed by atoms with van der Waals surface area (Å²) >= 11 is 0. The summed E-state index contributed by atoms with van der Waals surface area (Å²) in [6, 6.07) is 3.63. The third-order valence-electron chi connectivity index (χ3n) is 2.18. The van der Waals surface area contributed by atoms with Gasteiger partial charge in [0.2, 0.25) is 0 Å². The molecule has 1 N–H and O–H groups in total. The summed E-state index contributed by atoms with van der Waals surface area (Å²) in [7, 11) is 1.56. The van der Waals surface area contributed by atoms with Crippen LogP contribution in [0.15, 0.2) is 16.9 Å². The van der Waals surface area contributed by atoms with E-state index < -0.39 is 0 Å². The molecule has 7 nitrogen and oxygen atoms in total. The van der Waals surface area contributed by atoms with Gasteiger partial charge in [-0.15, -0.1) is 0 Å². The minimum Gasteiger partial charge on any atom is -0.364 e. The molecule has 1 aliphatic heterocycles. The SMILES string of the molecule is COCn1cnc2c1N=CNC2=C(C#N)C#N. The zero-order valence-corrected chi connectivity index (χ0v) is 9.01. The van der Waals surface area contributed by atoms with Crippen LogP contribution < -0.4 is 5.32 Å². The normalized spacial score (nSPS) is 12.3. The predicted molar refractivity (Wildman–Crippen MR) is 58.7 cm³/mol. The van der Waals surface area contributed by atoms with Gasteiger partial charge in [-0.3, -0.25) is 4.57 Å². The summed E-state index contributed by atoms with van der Waals surface area (Å²) in [5.41, 5.74) is 0.817. The third kappa shape index (κ3) is 1.75. The lowest BCUT2D eigenvalue weighted by Crippen LogP contribution is -2.16. The molecule has 0 spiro atoms. The molecule has 0 saturated heterocycles. The van der Waals surface area contributed by atoms with E-state index in [4.69, 9.17) is 15.3 Å². The molecule has 7 heteroatoms. The average molecular weight is 228 g/mol. The van der Waals surface area contributed by atoms with Crippen molar-refractivity contribution < 1.29 is 4.74 Å². The number of nitrogens with zero attached hydrogens (tertiary/aromatic N) is 5. The fraction of sp³-hybridized carbons (Fsp3) is 0.200. The van der Waals surface area contributed by atoms with Crippen LogP contribution in [0.1, 0.15) is 5.69 Å². The van der Waals surface area contributed by atoms with E-state index in [-0.39, 0.29) is 5.57 Å². The molecular formula is C10H8N6O. The Labute approximate surface area is 97.3 Å². The van der Waals surface area contributed by atoms with Crippen molar-refractivity contribution in [2.24, 2.45) is 4.99 Å². The number of nitriles is 2. The number of fused-ring (bicyclic) bond motifs is 1. The summed E-state index contributed by atoms with van der Waals surface area (Å²) in [5, 5.41) is 20.4. The highest BCUT2D eigenvalue weighted by Crippen LogP contribution is 2.27. The Balaban J connectivity index is 2.56. The Hall–Kier alpha value is -2.64. The van der Waals surface area contributed by atoms with Gasteiger partial charge in [0.25, 0.3) is 0 Å². The highest BCUT2D eigenvalue weighted by Gasteiger charge is 2.20. The standard InChI is InChI=1S/C10H8N6O/c1-17-6-16-5-15-9-8(7(2-11)3-12)13-4-14-10(9)16/h4-5H,6H2,1H3,(H,13,14). The molecule has 0 fully saturated rings. The zero-order chi connectivity index (χ0) is 12.3. The van der Waals surface area contributed by atoms with E-state index in [1.165, 1.54) is 6.34 Å². The van der Waals surface area contributed by atoms with Crippen molar-refractivity contribution in [2.45, 2.75) is 6.73 Å². The maximum atomic E-state index is 8.84. The van der Waals surface area contributed by atoms with Crippen molar-refractivity contribution in [3.63, 3.8) is 0 Å². The molecule has 84 valence electrons. The second kappa shape index (κ2) is 4.47. The molecule has 0 aromatic carbocycles. The summed E-state index contributed by atoms with van der Waals surface area (Å²) in [4.78, 5) is 8.22. The molecule has 2 heterocycles. The molecule has 2 rings (SSSR count). The largest absolute Gasteiger partial charge is 0.364 e. The highest BCUT2D eigenvalue weighted by molar-refractivity contribution is 5.88. The van der Waals surface area contributed by atoms with Gasteiger partial charge < -0.3 is 10.1 Å². The van der Waals surface area contributed by atoms with Crippen LogP contribution in [0.5, 0.6) is 0 Å². The van der Waals surface area contributed by atoms with Crippen LogP contribution in [-0.4, -0.2) is 23.0 Å². The molecule has 0 atom stereocenters. The molecule has 17 heavy (non-hydrogen) atoms. The number of hydrogen-bond donors (Lipinski definition) is 1. The average Bonchev–Trinajstić information content (AvgIpc) is 2.76. The first kappa shape index (κ1) is 10.9. The van der Waals surface area contributed by atoms with Gasteiger partial charge in [-0.1, -0.05) is 0 Å². The van der Waals surface area contributed by atoms with Crippen LogP contribution in [-0.2, 0) is 11.5 Å². The monoisotopic (exact) mass is 228 g/mol. The van der Waals surface area contributed by atoms with E-state index >= 15 is 0 Å². The number of allylic oxidation sites excluding steroid dienone is 1. The van der Waals surface area contributed by atoms with E-state index in [9.17, 15) is 0 Å². The Morgan fingerprint density at radius 1 is 1.53 bits per heavy atom. The molecule has 1 aliphatic rings. The van der Waals surface area contributed by atoms with Crippen LogP contribution >= 0.6 is 0 Å². The van der Waals surface area contributed by atoms with E-state index in [1.807, 2.05) is 12.1 Å². The van der Waals surface area contributed by atoms with Gasteiger partial charge >= 0.3 is 0 Å². The molecule has 0 aliphatic carbocycles. The van der Waals surface area contributed by atoms with Crippen LogP contribution in [0.4, 0.5) is 5.82 Å². The number of aliphatic imine (C=N–C) groups is 1. The quantitative estimate of drug-likeness (QED) is 0.743. The lowest BCUT2D eigenvalue weighted by atomic mass is 10.2. The predicted octanol–water partition coefficient (Wildman–Crippen LogP) is 0.508. The number of ether oxygens (including phenoxy) is 1. The van der Waals surface area contributed by atoms with Crippen molar-refractivity contribution in [3.05, 3.63) is 17.6 Å². The van der Waals surface area contributed by atoms with E-state index in [0.29, 0.717) is 23.9 Å². The first-order valence-electron chi connectivity index (χ1n) is 4.69. The number of aromatic nitrogens is 2. The van der Waals surface area contributed by atoms with E-state index in [0.717, 1.165) is 0 Å². The fourth-order valence-corrected chi connectivity index (χ4v) is 1.47. The van der Waals surface area contributed by atoms with Crippen LogP contribution in [0.25, 0.3) is 5.70 Å². The van der Waals surface area contributed by atoms with Gasteiger partial charge in [-0.05, 0) is 0 Å². The lowest BCUT2D eigenvalue weighted by molar-refractivity contribution is 0.132. The lowest BCUT2D eigenvalue weighted by Gasteiger charge is -2.11. The van der Waals surface area contributed by atoms with Crippen molar-refractivity contribution in [1.82, 2.24) is 14.9 Å². The number of methoxy groups -OCH3 is 1. The van der Waals surface area contributed by atoms with Crippen molar-refractivity contribution in [1.29, 1.82) is 10.5 Å². The molecule has 1 aromatic rings. The first-order valence-corrected chi connectivity index (χ1v) is 4.69. The molecule has 0 saturated carbocycles. The van der Waals surface area contributed by atoms with Crippen molar-refractivity contribution in [2.75, 3.05) is 7.11 Å². The summed E-state index contributed by atoms with van der Waals surface area (Å²) in [6.45, 7) is 0.307. The Bertz CT molecular complexity index is 567. The Morgan fingerprint density at radius 3 is 2.94 bits per heavy atom. The van der Waals surface area contributed by atoms with E-state index in [1.54, 1.807) is 18.0 Å². The molecule has 0 amide bonds. The number of rotatable bonds is 2. The van der Waals surface area contributed by atoms with Gasteiger partial charge in [0, 0.05) is 7.11 Å². The molecule has 0 unspecified atom stereocenters. The van der Waals surface area contributed by atoms with Gasteiger partial charge in [0.15, 0.2) is 11.4 Å². The van der Waals surface area contributed by atoms with Gasteiger partial charge in [0.05, 0.1) is 18.4 Å². The Morgan fingerprint density at radius 2 is 2.29 bits per heavy atom.